The fourth-order valence-corrected chi connectivity index (χ4v) is 2.62. The standard InChI is InChI=1S/C11H18F2N2O2/c12-11(13)4-9(6-16)15(7-11)10(17)8-2-1-3-14-5-8/h8-9,14,16H,1-7H2/t8-,9-/m1/s1. The zero-order chi connectivity index (χ0) is 12.5. The first kappa shape index (κ1) is 12.7. The van der Waals surface area contributed by atoms with Gasteiger partial charge in [-0.1, -0.05) is 0 Å². The van der Waals surface area contributed by atoms with E-state index >= 15 is 0 Å². The number of halogens is 2. The molecule has 2 heterocycles. The summed E-state index contributed by atoms with van der Waals surface area (Å²) in [7, 11) is 0. The van der Waals surface area contributed by atoms with Gasteiger partial charge in [0.2, 0.25) is 5.91 Å². The number of rotatable bonds is 2. The zero-order valence-electron chi connectivity index (χ0n) is 9.66. The van der Waals surface area contributed by atoms with Crippen molar-refractivity contribution in [2.75, 3.05) is 26.2 Å². The smallest absolute Gasteiger partial charge is 0.267 e. The fourth-order valence-electron chi connectivity index (χ4n) is 2.62. The summed E-state index contributed by atoms with van der Waals surface area (Å²) in [5.41, 5.74) is 0. The summed E-state index contributed by atoms with van der Waals surface area (Å²) in [6.45, 7) is 0.497. The number of aliphatic hydroxyl groups is 1. The van der Waals surface area contributed by atoms with Crippen molar-refractivity contribution in [3.05, 3.63) is 0 Å². The number of nitrogens with one attached hydrogen (secondary N) is 1. The monoisotopic (exact) mass is 248 g/mol. The predicted octanol–water partition coefficient (Wildman–Crippen LogP) is 0.214. The number of piperidine rings is 1. The lowest BCUT2D eigenvalue weighted by atomic mass is 9.98. The van der Waals surface area contributed by atoms with Crippen molar-refractivity contribution in [2.45, 2.75) is 31.2 Å². The Bertz CT molecular complexity index is 293. The highest BCUT2D eigenvalue weighted by Crippen LogP contribution is 2.33. The van der Waals surface area contributed by atoms with E-state index in [9.17, 15) is 13.6 Å². The maximum absolute atomic E-state index is 13.2. The number of carbonyl (C=O) groups excluding carboxylic acids is 1. The van der Waals surface area contributed by atoms with Crippen LogP contribution in [0.3, 0.4) is 0 Å². The summed E-state index contributed by atoms with van der Waals surface area (Å²) in [4.78, 5) is 13.3. The van der Waals surface area contributed by atoms with Gasteiger partial charge >= 0.3 is 0 Å². The molecule has 0 unspecified atom stereocenters. The van der Waals surface area contributed by atoms with Gasteiger partial charge < -0.3 is 15.3 Å². The Balaban J connectivity index is 2.02. The summed E-state index contributed by atoms with van der Waals surface area (Å²) in [5.74, 6) is -3.31. The average Bonchev–Trinajstić information content (AvgIpc) is 2.65. The van der Waals surface area contributed by atoms with E-state index in [-0.39, 0.29) is 18.4 Å². The number of nitrogens with zero attached hydrogens (tertiary/aromatic N) is 1. The number of hydrogen-bond donors (Lipinski definition) is 2. The molecule has 0 aromatic rings. The first-order chi connectivity index (χ1) is 8.03. The number of aliphatic hydroxyl groups excluding tert-OH is 1. The van der Waals surface area contributed by atoms with Crippen LogP contribution in [0.4, 0.5) is 8.78 Å². The Labute approximate surface area is 99.0 Å². The topological polar surface area (TPSA) is 52.6 Å². The summed E-state index contributed by atoms with van der Waals surface area (Å²) in [6.07, 6.45) is 1.21. The van der Waals surface area contributed by atoms with Gasteiger partial charge in [-0.25, -0.2) is 8.78 Å². The molecule has 17 heavy (non-hydrogen) atoms. The van der Waals surface area contributed by atoms with E-state index in [2.05, 4.69) is 5.32 Å². The maximum atomic E-state index is 13.2. The molecule has 0 aromatic carbocycles. The SMILES string of the molecule is O=C([C@@H]1CCCNC1)N1CC(F)(F)C[C@@H]1CO. The predicted molar refractivity (Wildman–Crippen MR) is 57.7 cm³/mol. The number of hydrogen-bond acceptors (Lipinski definition) is 3. The van der Waals surface area contributed by atoms with Crippen LogP contribution in [-0.4, -0.2) is 54.1 Å². The van der Waals surface area contributed by atoms with Crippen LogP contribution in [0.15, 0.2) is 0 Å². The normalized spacial score (nSPS) is 32.8. The summed E-state index contributed by atoms with van der Waals surface area (Å²) >= 11 is 0. The lowest BCUT2D eigenvalue weighted by Gasteiger charge is -2.29. The molecule has 4 nitrogen and oxygen atoms in total. The van der Waals surface area contributed by atoms with Gasteiger partial charge in [0.15, 0.2) is 0 Å². The Morgan fingerprint density at radius 1 is 1.53 bits per heavy atom. The number of amides is 1. The Kier molecular flexibility index (Phi) is 3.63. The highest BCUT2D eigenvalue weighted by Gasteiger charge is 2.47. The third-order valence-electron chi connectivity index (χ3n) is 3.52. The van der Waals surface area contributed by atoms with Gasteiger partial charge in [0.05, 0.1) is 25.1 Å². The molecule has 6 heteroatoms. The van der Waals surface area contributed by atoms with Crippen molar-refractivity contribution in [1.29, 1.82) is 0 Å². The third-order valence-corrected chi connectivity index (χ3v) is 3.52. The largest absolute Gasteiger partial charge is 0.394 e. The number of alkyl halides is 2. The molecule has 0 aliphatic carbocycles. The maximum Gasteiger partial charge on any atom is 0.267 e. The highest BCUT2D eigenvalue weighted by molar-refractivity contribution is 5.80. The molecule has 2 aliphatic heterocycles. The Morgan fingerprint density at radius 3 is 2.88 bits per heavy atom. The van der Waals surface area contributed by atoms with Gasteiger partial charge in [-0.15, -0.1) is 0 Å². The molecule has 98 valence electrons. The van der Waals surface area contributed by atoms with E-state index in [1.165, 1.54) is 0 Å². The molecule has 1 amide bonds. The summed E-state index contributed by atoms with van der Waals surface area (Å²) in [6, 6.07) is -0.723. The van der Waals surface area contributed by atoms with E-state index in [0.29, 0.717) is 6.54 Å². The van der Waals surface area contributed by atoms with E-state index < -0.39 is 24.9 Å². The molecule has 2 rings (SSSR count). The van der Waals surface area contributed by atoms with E-state index in [4.69, 9.17) is 5.11 Å². The van der Waals surface area contributed by atoms with Crippen LogP contribution in [-0.2, 0) is 4.79 Å². The van der Waals surface area contributed by atoms with Crippen LogP contribution in [0.5, 0.6) is 0 Å². The van der Waals surface area contributed by atoms with Crippen LogP contribution in [0.2, 0.25) is 0 Å². The second-order valence-corrected chi connectivity index (χ2v) is 4.91. The van der Waals surface area contributed by atoms with Crippen molar-refractivity contribution in [2.24, 2.45) is 5.92 Å². The number of carbonyl (C=O) groups is 1. The molecular formula is C11H18F2N2O2. The molecule has 0 saturated carbocycles. The van der Waals surface area contributed by atoms with Crippen LogP contribution in [0.1, 0.15) is 19.3 Å². The van der Waals surface area contributed by atoms with Gasteiger partial charge in [0, 0.05) is 13.0 Å². The molecule has 2 atom stereocenters. The summed E-state index contributed by atoms with van der Waals surface area (Å²) < 4.78 is 26.5. The lowest BCUT2D eigenvalue weighted by Crippen LogP contribution is -2.46. The first-order valence-electron chi connectivity index (χ1n) is 6.03. The van der Waals surface area contributed by atoms with Crippen LogP contribution >= 0.6 is 0 Å². The second-order valence-electron chi connectivity index (χ2n) is 4.91. The molecular weight excluding hydrogens is 230 g/mol. The van der Waals surface area contributed by atoms with Crippen molar-refractivity contribution in [3.63, 3.8) is 0 Å². The van der Waals surface area contributed by atoms with Crippen LogP contribution in [0, 0.1) is 5.92 Å². The molecule has 2 fully saturated rings. The van der Waals surface area contributed by atoms with Gasteiger partial charge in [-0.2, -0.15) is 0 Å². The highest BCUT2D eigenvalue weighted by atomic mass is 19.3. The van der Waals surface area contributed by atoms with Gasteiger partial charge in [-0.05, 0) is 19.4 Å². The first-order valence-corrected chi connectivity index (χ1v) is 6.03. The molecule has 0 spiro atoms. The van der Waals surface area contributed by atoms with Crippen molar-refractivity contribution >= 4 is 5.91 Å². The quantitative estimate of drug-likeness (QED) is 0.735. The van der Waals surface area contributed by atoms with Crippen molar-refractivity contribution in [3.8, 4) is 0 Å². The Morgan fingerprint density at radius 2 is 2.29 bits per heavy atom. The molecule has 0 radical (unpaired) electrons. The van der Waals surface area contributed by atoms with Gasteiger partial charge in [0.25, 0.3) is 5.92 Å². The molecule has 0 aromatic heterocycles. The second kappa shape index (κ2) is 4.86. The molecule has 2 aliphatic rings. The Hall–Kier alpha value is -0.750. The van der Waals surface area contributed by atoms with E-state index in [1.54, 1.807) is 0 Å². The van der Waals surface area contributed by atoms with Gasteiger partial charge in [-0.3, -0.25) is 4.79 Å². The average molecular weight is 248 g/mol. The number of likely N-dealkylation sites (tertiary alicyclic amines) is 1. The third kappa shape index (κ3) is 2.74. The lowest BCUT2D eigenvalue weighted by molar-refractivity contribution is -0.138. The van der Waals surface area contributed by atoms with Crippen molar-refractivity contribution < 1.29 is 18.7 Å². The zero-order valence-corrected chi connectivity index (χ0v) is 9.66. The minimum Gasteiger partial charge on any atom is -0.394 e. The molecule has 0 bridgehead atoms. The molecule has 2 saturated heterocycles. The summed E-state index contributed by atoms with van der Waals surface area (Å²) in [5, 5.41) is 12.2. The minimum atomic E-state index is -2.86. The van der Waals surface area contributed by atoms with E-state index in [1.807, 2.05) is 0 Å². The van der Waals surface area contributed by atoms with Crippen molar-refractivity contribution in [1.82, 2.24) is 10.2 Å². The minimum absolute atomic E-state index is 0.216. The molecule has 2 N–H and O–H groups in total. The van der Waals surface area contributed by atoms with E-state index in [0.717, 1.165) is 24.3 Å². The van der Waals surface area contributed by atoms with Gasteiger partial charge in [0.1, 0.15) is 0 Å². The van der Waals surface area contributed by atoms with Crippen LogP contribution < -0.4 is 5.32 Å². The fraction of sp³-hybridized carbons (Fsp3) is 0.909. The van der Waals surface area contributed by atoms with Crippen LogP contribution in [0.25, 0.3) is 0 Å².